The first-order chi connectivity index (χ1) is 7.70. The molecular weight excluding hydrogens is 222 g/mol. The van der Waals surface area contributed by atoms with Crippen molar-refractivity contribution in [3.8, 4) is 0 Å². The molecule has 90 valence electrons. The van der Waals surface area contributed by atoms with Crippen molar-refractivity contribution in [2.45, 2.75) is 51.7 Å². The molecule has 0 saturated carbocycles. The van der Waals surface area contributed by atoms with Gasteiger partial charge in [0.1, 0.15) is 5.01 Å². The van der Waals surface area contributed by atoms with Crippen LogP contribution >= 0.6 is 11.3 Å². The van der Waals surface area contributed by atoms with E-state index >= 15 is 0 Å². The van der Waals surface area contributed by atoms with Gasteiger partial charge in [-0.1, -0.05) is 17.8 Å². The van der Waals surface area contributed by atoms with Crippen LogP contribution in [0.1, 0.15) is 38.1 Å². The highest BCUT2D eigenvalue weighted by Crippen LogP contribution is 2.26. The van der Waals surface area contributed by atoms with E-state index in [1.165, 1.54) is 30.6 Å². The van der Waals surface area contributed by atoms with Crippen molar-refractivity contribution in [3.05, 3.63) is 5.01 Å². The third-order valence-electron chi connectivity index (χ3n) is 3.28. The van der Waals surface area contributed by atoms with Gasteiger partial charge in [0.15, 0.2) is 0 Å². The Morgan fingerprint density at radius 3 is 2.62 bits per heavy atom. The van der Waals surface area contributed by atoms with Gasteiger partial charge < -0.3 is 0 Å². The lowest BCUT2D eigenvalue weighted by atomic mass is 9.98. The van der Waals surface area contributed by atoms with Crippen LogP contribution in [0.5, 0.6) is 0 Å². The summed E-state index contributed by atoms with van der Waals surface area (Å²) in [6, 6.07) is 1.28. The SMILES string of the molecule is C[C@@H]1CCC[C@H](C)N1Cc1nnc(NN)s1. The van der Waals surface area contributed by atoms with E-state index in [9.17, 15) is 0 Å². The standard InChI is InChI=1S/C10H19N5S/c1-7-4-3-5-8(2)15(7)6-9-13-14-10(12-11)16-9/h7-8H,3-6,11H2,1-2H3,(H,12,14)/t7-,8+. The molecule has 6 heteroatoms. The maximum absolute atomic E-state index is 5.30. The topological polar surface area (TPSA) is 67.1 Å². The fourth-order valence-electron chi connectivity index (χ4n) is 2.32. The van der Waals surface area contributed by atoms with Gasteiger partial charge in [0, 0.05) is 12.1 Å². The predicted octanol–water partition coefficient (Wildman–Crippen LogP) is 1.59. The van der Waals surface area contributed by atoms with Crippen molar-refractivity contribution in [1.29, 1.82) is 0 Å². The Morgan fingerprint density at radius 1 is 1.38 bits per heavy atom. The summed E-state index contributed by atoms with van der Waals surface area (Å²) in [5.41, 5.74) is 2.53. The van der Waals surface area contributed by atoms with Crippen LogP contribution in [0, 0.1) is 0 Å². The number of nitrogens with two attached hydrogens (primary N) is 1. The molecule has 2 atom stereocenters. The lowest BCUT2D eigenvalue weighted by Crippen LogP contribution is -2.42. The second-order valence-corrected chi connectivity index (χ2v) is 5.51. The van der Waals surface area contributed by atoms with Crippen LogP contribution in [0.3, 0.4) is 0 Å². The van der Waals surface area contributed by atoms with Crippen molar-refractivity contribution in [1.82, 2.24) is 15.1 Å². The zero-order chi connectivity index (χ0) is 11.5. The minimum absolute atomic E-state index is 0.641. The highest BCUT2D eigenvalue weighted by Gasteiger charge is 2.25. The van der Waals surface area contributed by atoms with Gasteiger partial charge in [-0.3, -0.25) is 10.3 Å². The van der Waals surface area contributed by atoms with Crippen molar-refractivity contribution >= 4 is 16.5 Å². The van der Waals surface area contributed by atoms with E-state index in [4.69, 9.17) is 5.84 Å². The Hall–Kier alpha value is -0.720. The molecule has 1 aromatic rings. The number of piperidine rings is 1. The van der Waals surface area contributed by atoms with Crippen molar-refractivity contribution in [2.75, 3.05) is 5.43 Å². The fourth-order valence-corrected chi connectivity index (χ4v) is 2.98. The molecule has 0 aliphatic carbocycles. The minimum atomic E-state index is 0.641. The molecule has 1 saturated heterocycles. The summed E-state index contributed by atoms with van der Waals surface area (Å²) < 4.78 is 0. The maximum Gasteiger partial charge on any atom is 0.219 e. The van der Waals surface area contributed by atoms with Crippen molar-refractivity contribution in [2.24, 2.45) is 5.84 Å². The van der Waals surface area contributed by atoms with Crippen molar-refractivity contribution < 1.29 is 0 Å². The largest absolute Gasteiger partial charge is 0.298 e. The van der Waals surface area contributed by atoms with E-state index in [0.717, 1.165) is 11.6 Å². The molecule has 5 nitrogen and oxygen atoms in total. The Morgan fingerprint density at radius 2 is 2.06 bits per heavy atom. The molecule has 0 unspecified atom stereocenters. The molecule has 0 radical (unpaired) electrons. The number of anilines is 1. The van der Waals surface area contributed by atoms with E-state index in [1.54, 1.807) is 0 Å². The quantitative estimate of drug-likeness (QED) is 0.621. The van der Waals surface area contributed by atoms with Gasteiger partial charge in [-0.15, -0.1) is 10.2 Å². The molecule has 1 aromatic heterocycles. The summed E-state index contributed by atoms with van der Waals surface area (Å²) >= 11 is 1.53. The monoisotopic (exact) mass is 241 g/mol. The molecule has 0 aromatic carbocycles. The molecule has 2 rings (SSSR count). The number of hydrogen-bond donors (Lipinski definition) is 2. The van der Waals surface area contributed by atoms with Crippen LogP contribution < -0.4 is 11.3 Å². The van der Waals surface area contributed by atoms with Gasteiger partial charge in [-0.05, 0) is 26.7 Å². The maximum atomic E-state index is 5.30. The average molecular weight is 241 g/mol. The number of nitrogens with zero attached hydrogens (tertiary/aromatic N) is 3. The number of likely N-dealkylation sites (tertiary alicyclic amines) is 1. The molecule has 0 bridgehead atoms. The smallest absolute Gasteiger partial charge is 0.219 e. The summed E-state index contributed by atoms with van der Waals surface area (Å²) in [6.07, 6.45) is 3.90. The first-order valence-corrected chi connectivity index (χ1v) is 6.57. The summed E-state index contributed by atoms with van der Waals surface area (Å²) in [4.78, 5) is 2.50. The van der Waals surface area contributed by atoms with Crippen LogP contribution in [-0.2, 0) is 6.54 Å². The second kappa shape index (κ2) is 5.07. The van der Waals surface area contributed by atoms with Crippen LogP contribution in [-0.4, -0.2) is 27.2 Å². The van der Waals surface area contributed by atoms with Gasteiger partial charge in [0.05, 0.1) is 6.54 Å². The summed E-state index contributed by atoms with van der Waals surface area (Å²) in [6.45, 7) is 5.47. The van der Waals surface area contributed by atoms with Gasteiger partial charge in [-0.25, -0.2) is 5.84 Å². The average Bonchev–Trinajstić information content (AvgIpc) is 2.71. The molecule has 16 heavy (non-hydrogen) atoms. The summed E-state index contributed by atoms with van der Waals surface area (Å²) in [7, 11) is 0. The van der Waals surface area contributed by atoms with Crippen LogP contribution in [0.2, 0.25) is 0 Å². The third kappa shape index (κ3) is 2.50. The molecule has 1 aliphatic rings. The van der Waals surface area contributed by atoms with Gasteiger partial charge in [-0.2, -0.15) is 0 Å². The minimum Gasteiger partial charge on any atom is -0.298 e. The zero-order valence-corrected chi connectivity index (χ0v) is 10.6. The Bertz CT molecular complexity index is 330. The number of hydrazine groups is 1. The van der Waals surface area contributed by atoms with E-state index in [2.05, 4.69) is 34.4 Å². The molecular formula is C10H19N5S. The fraction of sp³-hybridized carbons (Fsp3) is 0.800. The lowest BCUT2D eigenvalue weighted by molar-refractivity contribution is 0.0949. The molecule has 0 amide bonds. The molecule has 1 aliphatic heterocycles. The summed E-state index contributed by atoms with van der Waals surface area (Å²) in [5, 5.41) is 9.81. The Balaban J connectivity index is 2.01. The predicted molar refractivity (Wildman–Crippen MR) is 66.0 cm³/mol. The van der Waals surface area contributed by atoms with Gasteiger partial charge >= 0.3 is 0 Å². The van der Waals surface area contributed by atoms with E-state index in [-0.39, 0.29) is 0 Å². The van der Waals surface area contributed by atoms with Crippen LogP contribution in [0.25, 0.3) is 0 Å². The first kappa shape index (κ1) is 11.8. The van der Waals surface area contributed by atoms with E-state index in [1.807, 2.05) is 0 Å². The van der Waals surface area contributed by atoms with Crippen LogP contribution in [0.15, 0.2) is 0 Å². The molecule has 2 heterocycles. The van der Waals surface area contributed by atoms with Crippen molar-refractivity contribution in [3.63, 3.8) is 0 Å². The molecule has 1 fully saturated rings. The van der Waals surface area contributed by atoms with Gasteiger partial charge in [0.2, 0.25) is 5.13 Å². The van der Waals surface area contributed by atoms with E-state index in [0.29, 0.717) is 17.2 Å². The highest BCUT2D eigenvalue weighted by atomic mass is 32.1. The number of nitrogen functional groups attached to an aromatic ring is 1. The summed E-state index contributed by atoms with van der Waals surface area (Å²) in [5.74, 6) is 5.30. The van der Waals surface area contributed by atoms with E-state index < -0.39 is 0 Å². The zero-order valence-electron chi connectivity index (χ0n) is 9.81. The molecule has 3 N–H and O–H groups in total. The van der Waals surface area contributed by atoms with Gasteiger partial charge in [0.25, 0.3) is 0 Å². The van der Waals surface area contributed by atoms with Crippen LogP contribution in [0.4, 0.5) is 5.13 Å². The Labute approximate surface area is 100 Å². The third-order valence-corrected chi connectivity index (χ3v) is 4.12. The Kier molecular flexibility index (Phi) is 3.73. The molecule has 0 spiro atoms. The highest BCUT2D eigenvalue weighted by molar-refractivity contribution is 7.15. The lowest BCUT2D eigenvalue weighted by Gasteiger charge is -2.38. The normalized spacial score (nSPS) is 26.9. The number of hydrogen-bond acceptors (Lipinski definition) is 6. The number of nitrogens with one attached hydrogen (secondary N) is 1. The number of aromatic nitrogens is 2. The second-order valence-electron chi connectivity index (χ2n) is 4.45. The number of rotatable bonds is 3. The first-order valence-electron chi connectivity index (χ1n) is 5.75.